The molecular weight excluding hydrogens is 324 g/mol. The highest BCUT2D eigenvalue weighted by molar-refractivity contribution is 5.85. The molecule has 2 unspecified atom stereocenters. The summed E-state index contributed by atoms with van der Waals surface area (Å²) < 4.78 is 5.60. The van der Waals surface area contributed by atoms with Crippen LogP contribution in [0.5, 0.6) is 5.75 Å². The van der Waals surface area contributed by atoms with Crippen molar-refractivity contribution in [2.45, 2.75) is 45.6 Å². The number of benzene rings is 1. The second kappa shape index (κ2) is 8.21. The summed E-state index contributed by atoms with van der Waals surface area (Å²) >= 11 is 0. The molecule has 1 aliphatic carbocycles. The van der Waals surface area contributed by atoms with Crippen molar-refractivity contribution >= 4 is 18.3 Å². The van der Waals surface area contributed by atoms with Gasteiger partial charge >= 0.3 is 0 Å². The van der Waals surface area contributed by atoms with Gasteiger partial charge in [0, 0.05) is 5.92 Å². The second-order valence-corrected chi connectivity index (χ2v) is 7.02. The fraction of sp³-hybridized carbons (Fsp3) is 0.632. The molecule has 0 aromatic heterocycles. The highest BCUT2D eigenvalue weighted by Crippen LogP contribution is 2.58. The molecule has 1 spiro atoms. The smallest absolute Gasteiger partial charge is 0.224 e. The molecule has 1 aromatic rings. The van der Waals surface area contributed by atoms with Crippen LogP contribution in [0.15, 0.2) is 24.3 Å². The Morgan fingerprint density at radius 1 is 1.33 bits per heavy atom. The van der Waals surface area contributed by atoms with Crippen molar-refractivity contribution < 1.29 is 9.53 Å². The van der Waals surface area contributed by atoms with Gasteiger partial charge in [-0.15, -0.1) is 12.4 Å². The van der Waals surface area contributed by atoms with E-state index < -0.39 is 0 Å². The number of hydrogen-bond acceptors (Lipinski definition) is 3. The van der Waals surface area contributed by atoms with Gasteiger partial charge in [0.25, 0.3) is 0 Å². The predicted octanol–water partition coefficient (Wildman–Crippen LogP) is 3.46. The Hall–Kier alpha value is -1.26. The average Bonchev–Trinajstić information content (AvgIpc) is 3.27. The third-order valence-corrected chi connectivity index (χ3v) is 5.32. The predicted molar refractivity (Wildman–Crippen MR) is 98.7 cm³/mol. The summed E-state index contributed by atoms with van der Waals surface area (Å²) in [5.74, 6) is 1.34. The van der Waals surface area contributed by atoms with Gasteiger partial charge in [-0.2, -0.15) is 0 Å². The number of amides is 1. The first-order valence-electron chi connectivity index (χ1n) is 8.88. The Labute approximate surface area is 151 Å². The van der Waals surface area contributed by atoms with Crippen LogP contribution in [0, 0.1) is 11.3 Å². The lowest BCUT2D eigenvalue weighted by molar-refractivity contribution is -0.123. The van der Waals surface area contributed by atoms with E-state index in [-0.39, 0.29) is 30.3 Å². The van der Waals surface area contributed by atoms with Gasteiger partial charge in [0.05, 0.1) is 12.6 Å². The van der Waals surface area contributed by atoms with Crippen molar-refractivity contribution in [3.8, 4) is 5.75 Å². The third kappa shape index (κ3) is 4.22. The van der Waals surface area contributed by atoms with Crippen molar-refractivity contribution in [1.82, 2.24) is 10.6 Å². The minimum absolute atomic E-state index is 0. The molecule has 1 amide bonds. The summed E-state index contributed by atoms with van der Waals surface area (Å²) in [7, 11) is 0. The fourth-order valence-corrected chi connectivity index (χ4v) is 3.67. The molecule has 1 heterocycles. The van der Waals surface area contributed by atoms with E-state index >= 15 is 0 Å². The summed E-state index contributed by atoms with van der Waals surface area (Å²) in [4.78, 5) is 12.5. The van der Waals surface area contributed by atoms with Gasteiger partial charge in [-0.3, -0.25) is 4.79 Å². The zero-order valence-corrected chi connectivity index (χ0v) is 15.5. The van der Waals surface area contributed by atoms with Crippen molar-refractivity contribution in [3.63, 3.8) is 0 Å². The molecule has 2 N–H and O–H groups in total. The zero-order valence-electron chi connectivity index (χ0n) is 14.6. The molecule has 1 aromatic carbocycles. The molecule has 2 fully saturated rings. The molecule has 3 rings (SSSR count). The van der Waals surface area contributed by atoms with Gasteiger partial charge in [-0.05, 0) is 68.8 Å². The maximum Gasteiger partial charge on any atom is 0.224 e. The molecule has 1 saturated heterocycles. The molecular formula is C19H29ClN2O2. The summed E-state index contributed by atoms with van der Waals surface area (Å²) in [6.45, 7) is 7.00. The molecule has 134 valence electrons. The Morgan fingerprint density at radius 3 is 2.62 bits per heavy atom. The molecule has 2 aliphatic rings. The SMILES string of the molecule is CCCOc1ccc(C(C)NC(=O)C2CC23CCNCC3)cc1.Cl. The summed E-state index contributed by atoms with van der Waals surface area (Å²) in [6, 6.07) is 8.10. The van der Waals surface area contributed by atoms with E-state index in [0.29, 0.717) is 5.41 Å². The van der Waals surface area contributed by atoms with Crippen molar-refractivity contribution in [3.05, 3.63) is 29.8 Å². The molecule has 1 saturated carbocycles. The van der Waals surface area contributed by atoms with Crippen LogP contribution in [-0.4, -0.2) is 25.6 Å². The molecule has 5 heteroatoms. The van der Waals surface area contributed by atoms with Gasteiger partial charge in [0.1, 0.15) is 5.75 Å². The fourth-order valence-electron chi connectivity index (χ4n) is 3.67. The van der Waals surface area contributed by atoms with E-state index in [2.05, 4.69) is 24.5 Å². The summed E-state index contributed by atoms with van der Waals surface area (Å²) in [5.41, 5.74) is 1.43. The van der Waals surface area contributed by atoms with E-state index in [0.717, 1.165) is 56.7 Å². The maximum absolute atomic E-state index is 12.5. The minimum Gasteiger partial charge on any atom is -0.494 e. The number of piperidine rings is 1. The first-order chi connectivity index (χ1) is 11.1. The van der Waals surface area contributed by atoms with E-state index in [1.54, 1.807) is 0 Å². The van der Waals surface area contributed by atoms with Gasteiger partial charge in [0.15, 0.2) is 0 Å². The first kappa shape index (κ1) is 19.1. The number of halogens is 1. The monoisotopic (exact) mass is 352 g/mol. The van der Waals surface area contributed by atoms with Gasteiger partial charge < -0.3 is 15.4 Å². The quantitative estimate of drug-likeness (QED) is 0.824. The lowest BCUT2D eigenvalue weighted by Gasteiger charge is -2.24. The lowest BCUT2D eigenvalue weighted by Crippen LogP contribution is -2.34. The number of rotatable bonds is 6. The van der Waals surface area contributed by atoms with Crippen LogP contribution in [0.2, 0.25) is 0 Å². The first-order valence-corrected chi connectivity index (χ1v) is 8.88. The van der Waals surface area contributed by atoms with Crippen molar-refractivity contribution in [1.29, 1.82) is 0 Å². The van der Waals surface area contributed by atoms with Crippen LogP contribution in [0.25, 0.3) is 0 Å². The number of ether oxygens (including phenoxy) is 1. The highest BCUT2D eigenvalue weighted by Gasteiger charge is 2.57. The summed E-state index contributed by atoms with van der Waals surface area (Å²) in [5, 5.41) is 6.57. The molecule has 1 aliphatic heterocycles. The number of hydrogen-bond donors (Lipinski definition) is 2. The average molecular weight is 353 g/mol. The van der Waals surface area contributed by atoms with Crippen LogP contribution in [0.3, 0.4) is 0 Å². The largest absolute Gasteiger partial charge is 0.494 e. The Balaban J connectivity index is 0.00000208. The standard InChI is InChI=1S/C19H28N2O2.ClH/c1-3-12-23-16-6-4-15(5-7-16)14(2)21-18(22)17-13-19(17)8-10-20-11-9-19;/h4-7,14,17,20H,3,8-13H2,1-2H3,(H,21,22);1H. The van der Waals surface area contributed by atoms with E-state index in [1.165, 1.54) is 0 Å². The minimum atomic E-state index is 0. The van der Waals surface area contributed by atoms with Crippen LogP contribution in [-0.2, 0) is 4.79 Å². The Morgan fingerprint density at radius 2 is 2.00 bits per heavy atom. The number of carbonyl (C=O) groups is 1. The zero-order chi connectivity index (χ0) is 16.3. The van der Waals surface area contributed by atoms with Gasteiger partial charge in [-0.25, -0.2) is 0 Å². The van der Waals surface area contributed by atoms with E-state index in [4.69, 9.17) is 4.74 Å². The Kier molecular flexibility index (Phi) is 6.53. The molecule has 0 radical (unpaired) electrons. The maximum atomic E-state index is 12.5. The molecule has 2 atom stereocenters. The van der Waals surface area contributed by atoms with Gasteiger partial charge in [-0.1, -0.05) is 19.1 Å². The van der Waals surface area contributed by atoms with E-state index in [1.807, 2.05) is 24.3 Å². The molecule has 4 nitrogen and oxygen atoms in total. The molecule has 0 bridgehead atoms. The topological polar surface area (TPSA) is 50.4 Å². The normalized spacial score (nSPS) is 22.3. The summed E-state index contributed by atoms with van der Waals surface area (Å²) in [6.07, 6.45) is 4.36. The second-order valence-electron chi connectivity index (χ2n) is 7.02. The van der Waals surface area contributed by atoms with Crippen LogP contribution >= 0.6 is 12.4 Å². The van der Waals surface area contributed by atoms with E-state index in [9.17, 15) is 4.79 Å². The Bertz CT molecular complexity index is 541. The van der Waals surface area contributed by atoms with Gasteiger partial charge in [0.2, 0.25) is 5.91 Å². The van der Waals surface area contributed by atoms with Crippen LogP contribution < -0.4 is 15.4 Å². The van der Waals surface area contributed by atoms with Crippen molar-refractivity contribution in [2.24, 2.45) is 11.3 Å². The van der Waals surface area contributed by atoms with Crippen LogP contribution in [0.1, 0.15) is 51.1 Å². The third-order valence-electron chi connectivity index (χ3n) is 5.32. The van der Waals surface area contributed by atoms with Crippen LogP contribution in [0.4, 0.5) is 0 Å². The highest BCUT2D eigenvalue weighted by atomic mass is 35.5. The number of carbonyl (C=O) groups excluding carboxylic acids is 1. The number of nitrogens with one attached hydrogen (secondary N) is 2. The lowest BCUT2D eigenvalue weighted by atomic mass is 9.91. The van der Waals surface area contributed by atoms with Crippen molar-refractivity contribution in [2.75, 3.05) is 19.7 Å². The molecule has 24 heavy (non-hydrogen) atoms.